The molecule has 1 heterocycles. The van der Waals surface area contributed by atoms with E-state index in [1.54, 1.807) is 11.3 Å². The number of hydrogen-bond acceptors (Lipinski definition) is 5. The number of nitrogens with zero attached hydrogens (tertiary/aromatic N) is 1. The van der Waals surface area contributed by atoms with Crippen molar-refractivity contribution in [3.63, 3.8) is 0 Å². The maximum Gasteiger partial charge on any atom is 0.248 e. The first kappa shape index (κ1) is 12.8. The third kappa shape index (κ3) is 3.44. The first-order chi connectivity index (χ1) is 8.65. The molecule has 0 unspecified atom stereocenters. The van der Waals surface area contributed by atoms with Crippen LogP contribution in [0, 0.1) is 0 Å². The molecule has 0 spiro atoms. The molecule has 0 saturated heterocycles. The van der Waals surface area contributed by atoms with Gasteiger partial charge in [0.15, 0.2) is 4.34 Å². The Hall–Kier alpha value is -1.60. The minimum atomic E-state index is -0.298. The molecule has 0 fully saturated rings. The number of carbonyl (C=O) groups excluding carboxylic acids is 2. The number of amides is 2. The average molecular weight is 281 g/mol. The largest absolute Gasteiger partial charge is 0.274 e. The molecule has 0 aliphatic heterocycles. The van der Waals surface area contributed by atoms with Gasteiger partial charge in [-0.1, -0.05) is 23.9 Å². The number of hydrogen-bond donors (Lipinski definition) is 2. The topological polar surface area (TPSA) is 71.1 Å². The van der Waals surface area contributed by atoms with E-state index >= 15 is 0 Å². The van der Waals surface area contributed by atoms with Gasteiger partial charge in [0, 0.05) is 6.92 Å². The van der Waals surface area contributed by atoms with Crippen molar-refractivity contribution in [1.29, 1.82) is 0 Å². The van der Waals surface area contributed by atoms with Crippen LogP contribution in [-0.2, 0) is 9.59 Å². The summed E-state index contributed by atoms with van der Waals surface area (Å²) in [6.07, 6.45) is 0. The number of fused-ring (bicyclic) bond motifs is 1. The van der Waals surface area contributed by atoms with Gasteiger partial charge in [0.05, 0.1) is 16.0 Å². The summed E-state index contributed by atoms with van der Waals surface area (Å²) in [6, 6.07) is 7.82. The van der Waals surface area contributed by atoms with Crippen molar-refractivity contribution in [3.8, 4) is 0 Å². The highest BCUT2D eigenvalue weighted by molar-refractivity contribution is 8.01. The van der Waals surface area contributed by atoms with Crippen molar-refractivity contribution < 1.29 is 9.59 Å². The van der Waals surface area contributed by atoms with Gasteiger partial charge >= 0.3 is 0 Å². The van der Waals surface area contributed by atoms with Crippen LogP contribution >= 0.6 is 23.1 Å². The van der Waals surface area contributed by atoms with E-state index in [9.17, 15) is 9.59 Å². The van der Waals surface area contributed by atoms with Gasteiger partial charge in [0.2, 0.25) is 11.8 Å². The van der Waals surface area contributed by atoms with Gasteiger partial charge in [0.25, 0.3) is 0 Å². The zero-order chi connectivity index (χ0) is 13.0. The van der Waals surface area contributed by atoms with E-state index in [0.29, 0.717) is 0 Å². The minimum Gasteiger partial charge on any atom is -0.274 e. The molecule has 7 heteroatoms. The molecule has 94 valence electrons. The lowest BCUT2D eigenvalue weighted by Crippen LogP contribution is -2.41. The van der Waals surface area contributed by atoms with Crippen molar-refractivity contribution in [1.82, 2.24) is 15.8 Å². The summed E-state index contributed by atoms with van der Waals surface area (Å²) in [5.74, 6) is -0.331. The van der Waals surface area contributed by atoms with Crippen LogP contribution < -0.4 is 10.9 Å². The van der Waals surface area contributed by atoms with Crippen LogP contribution in [0.15, 0.2) is 28.6 Å². The van der Waals surface area contributed by atoms with Crippen LogP contribution in [0.5, 0.6) is 0 Å². The molecule has 2 aromatic rings. The Morgan fingerprint density at radius 2 is 2.11 bits per heavy atom. The van der Waals surface area contributed by atoms with Crippen LogP contribution in [0.2, 0.25) is 0 Å². The number of para-hydroxylation sites is 1. The summed E-state index contributed by atoms with van der Waals surface area (Å²) in [7, 11) is 0. The maximum atomic E-state index is 11.4. The van der Waals surface area contributed by atoms with Crippen LogP contribution in [-0.4, -0.2) is 22.6 Å². The monoisotopic (exact) mass is 281 g/mol. The fourth-order valence-electron chi connectivity index (χ4n) is 1.23. The predicted molar refractivity (Wildman–Crippen MR) is 72.3 cm³/mol. The van der Waals surface area contributed by atoms with Gasteiger partial charge < -0.3 is 0 Å². The average Bonchev–Trinajstić information content (AvgIpc) is 2.76. The van der Waals surface area contributed by atoms with E-state index in [-0.39, 0.29) is 17.6 Å². The van der Waals surface area contributed by atoms with Gasteiger partial charge in [-0.15, -0.1) is 11.3 Å². The minimum absolute atomic E-state index is 0.222. The lowest BCUT2D eigenvalue weighted by Gasteiger charge is -2.02. The normalized spacial score (nSPS) is 10.3. The second-order valence-electron chi connectivity index (χ2n) is 3.47. The molecular weight excluding hydrogens is 270 g/mol. The van der Waals surface area contributed by atoms with Crippen molar-refractivity contribution in [2.45, 2.75) is 11.3 Å². The van der Waals surface area contributed by atoms with E-state index in [1.807, 2.05) is 24.3 Å². The van der Waals surface area contributed by atoms with Gasteiger partial charge in [-0.2, -0.15) is 0 Å². The highest BCUT2D eigenvalue weighted by Crippen LogP contribution is 2.28. The molecule has 0 atom stereocenters. The van der Waals surface area contributed by atoms with Crippen molar-refractivity contribution >= 4 is 45.1 Å². The number of benzene rings is 1. The fraction of sp³-hybridized carbons (Fsp3) is 0.182. The molecule has 2 rings (SSSR count). The SMILES string of the molecule is CC(=O)NNC(=O)CSc1nc2ccccc2s1. The zero-order valence-corrected chi connectivity index (χ0v) is 11.2. The van der Waals surface area contributed by atoms with Gasteiger partial charge in [-0.25, -0.2) is 4.98 Å². The molecule has 5 nitrogen and oxygen atoms in total. The molecule has 2 amide bonds. The number of nitrogens with one attached hydrogen (secondary N) is 2. The molecule has 0 aliphatic rings. The molecule has 0 radical (unpaired) electrons. The number of hydrazine groups is 1. The standard InChI is InChI=1S/C11H11N3O2S2/c1-7(15)13-14-10(16)6-17-11-12-8-4-2-3-5-9(8)18-11/h2-5H,6H2,1H3,(H,13,15)(H,14,16). The Morgan fingerprint density at radius 1 is 1.33 bits per heavy atom. The summed E-state index contributed by atoms with van der Waals surface area (Å²) < 4.78 is 1.94. The quantitative estimate of drug-likeness (QED) is 0.661. The van der Waals surface area contributed by atoms with Gasteiger partial charge in [0.1, 0.15) is 0 Å². The van der Waals surface area contributed by atoms with E-state index < -0.39 is 0 Å². The number of thioether (sulfide) groups is 1. The molecular formula is C11H11N3O2S2. The summed E-state index contributed by atoms with van der Waals surface area (Å²) >= 11 is 2.90. The van der Waals surface area contributed by atoms with Gasteiger partial charge in [-0.3, -0.25) is 20.4 Å². The van der Waals surface area contributed by atoms with Crippen molar-refractivity contribution in [2.75, 3.05) is 5.75 Å². The zero-order valence-electron chi connectivity index (χ0n) is 9.60. The first-order valence-corrected chi connectivity index (χ1v) is 6.99. The smallest absolute Gasteiger partial charge is 0.248 e. The second-order valence-corrected chi connectivity index (χ2v) is 5.72. The third-order valence-corrected chi connectivity index (χ3v) is 4.16. The summed E-state index contributed by atoms with van der Waals surface area (Å²) in [5.41, 5.74) is 5.48. The lowest BCUT2D eigenvalue weighted by molar-refractivity contribution is -0.126. The summed E-state index contributed by atoms with van der Waals surface area (Å²) in [6.45, 7) is 1.33. The van der Waals surface area contributed by atoms with Crippen LogP contribution in [0.3, 0.4) is 0 Å². The molecule has 18 heavy (non-hydrogen) atoms. The molecule has 1 aromatic carbocycles. The summed E-state index contributed by atoms with van der Waals surface area (Å²) in [5, 5.41) is 0. The molecule has 1 aromatic heterocycles. The highest BCUT2D eigenvalue weighted by atomic mass is 32.2. The highest BCUT2D eigenvalue weighted by Gasteiger charge is 2.07. The van der Waals surface area contributed by atoms with E-state index in [4.69, 9.17) is 0 Å². The number of rotatable bonds is 3. The van der Waals surface area contributed by atoms with Crippen LogP contribution in [0.25, 0.3) is 10.2 Å². The van der Waals surface area contributed by atoms with Crippen molar-refractivity contribution in [2.24, 2.45) is 0 Å². The molecule has 0 bridgehead atoms. The predicted octanol–water partition coefficient (Wildman–Crippen LogP) is 1.56. The van der Waals surface area contributed by atoms with E-state index in [0.717, 1.165) is 14.6 Å². The Morgan fingerprint density at radius 3 is 2.83 bits per heavy atom. The molecule has 2 N–H and O–H groups in total. The Balaban J connectivity index is 1.90. The number of thiazole rings is 1. The first-order valence-electron chi connectivity index (χ1n) is 5.19. The lowest BCUT2D eigenvalue weighted by atomic mass is 10.3. The second kappa shape index (κ2) is 5.83. The van der Waals surface area contributed by atoms with E-state index in [1.165, 1.54) is 18.7 Å². The molecule has 0 aliphatic carbocycles. The summed E-state index contributed by atoms with van der Waals surface area (Å²) in [4.78, 5) is 26.4. The van der Waals surface area contributed by atoms with Crippen LogP contribution in [0.4, 0.5) is 0 Å². The molecule has 0 saturated carbocycles. The Bertz CT molecular complexity index is 549. The Labute approximate surface area is 112 Å². The van der Waals surface area contributed by atoms with Gasteiger partial charge in [-0.05, 0) is 12.1 Å². The third-order valence-electron chi connectivity index (χ3n) is 1.98. The van der Waals surface area contributed by atoms with Crippen LogP contribution in [0.1, 0.15) is 6.92 Å². The maximum absolute atomic E-state index is 11.4. The number of carbonyl (C=O) groups is 2. The van der Waals surface area contributed by atoms with Crippen molar-refractivity contribution in [3.05, 3.63) is 24.3 Å². The van der Waals surface area contributed by atoms with E-state index in [2.05, 4.69) is 15.8 Å². The Kier molecular flexibility index (Phi) is 4.16. The number of aromatic nitrogens is 1. The fourth-order valence-corrected chi connectivity index (χ4v) is 3.10.